The number of phosphoric acid groups is 1. The number of allylic oxidation sites excluding steroid dienone is 5. The molecular weight excluding hydrogens is 463 g/mol. The Morgan fingerprint density at radius 1 is 0.941 bits per heavy atom. The minimum absolute atomic E-state index is 0.00666. The van der Waals surface area contributed by atoms with Crippen LogP contribution in [0.3, 0.4) is 0 Å². The Balaban J connectivity index is 3.72. The highest BCUT2D eigenvalue weighted by molar-refractivity contribution is 7.46. The van der Waals surface area contributed by atoms with Crippen LogP contribution in [0.4, 0.5) is 0 Å². The Hall–Kier alpha value is -2.26. The summed E-state index contributed by atoms with van der Waals surface area (Å²) in [6.45, 7) is 1.56. The number of primary amides is 1. The van der Waals surface area contributed by atoms with Gasteiger partial charge in [-0.2, -0.15) is 0 Å². The van der Waals surface area contributed by atoms with Crippen molar-refractivity contribution in [1.82, 2.24) is 5.32 Å². The fourth-order valence-electron chi connectivity index (χ4n) is 2.97. The smallest absolute Gasteiger partial charge is 0.470 e. The molecule has 0 aliphatic carbocycles. The molecule has 6 N–H and O–H groups in total. The summed E-state index contributed by atoms with van der Waals surface area (Å²) in [5, 5.41) is 11.5. The van der Waals surface area contributed by atoms with Gasteiger partial charge in [-0.05, 0) is 45.4 Å². The summed E-state index contributed by atoms with van der Waals surface area (Å²) in [5.74, 6) is -2.09. The Morgan fingerprint density at radius 2 is 1.53 bits per heavy atom. The van der Waals surface area contributed by atoms with E-state index < -0.39 is 31.8 Å². The fraction of sp³-hybridized carbons (Fsp3) is 0.609. The second-order valence-corrected chi connectivity index (χ2v) is 9.11. The van der Waals surface area contributed by atoms with Gasteiger partial charge in [-0.25, -0.2) is 9.36 Å². The number of aliphatic carboxylic acids is 1. The average Bonchev–Trinajstić information content (AvgIpc) is 2.72. The van der Waals surface area contributed by atoms with Crippen molar-refractivity contribution in [2.24, 2.45) is 5.73 Å². The van der Waals surface area contributed by atoms with Crippen LogP contribution in [0.1, 0.15) is 77.6 Å². The molecule has 0 saturated carbocycles. The van der Waals surface area contributed by atoms with Crippen molar-refractivity contribution in [3.63, 3.8) is 0 Å². The molecular formula is C23H39N2O8P. The number of hydrogen-bond acceptors (Lipinski definition) is 5. The molecule has 0 aromatic carbocycles. The quantitative estimate of drug-likeness (QED) is 0.0954. The van der Waals surface area contributed by atoms with Gasteiger partial charge in [0.15, 0.2) is 0 Å². The summed E-state index contributed by atoms with van der Waals surface area (Å²) < 4.78 is 15.2. The third kappa shape index (κ3) is 21.6. The van der Waals surface area contributed by atoms with Gasteiger partial charge in [0.2, 0.25) is 11.8 Å². The van der Waals surface area contributed by atoms with Crippen LogP contribution in [0.5, 0.6) is 0 Å². The lowest BCUT2D eigenvalue weighted by Crippen LogP contribution is -2.41. The molecule has 0 heterocycles. The minimum atomic E-state index is -4.45. The van der Waals surface area contributed by atoms with Crippen LogP contribution in [0, 0.1) is 0 Å². The molecule has 11 heteroatoms. The van der Waals surface area contributed by atoms with Gasteiger partial charge < -0.3 is 25.9 Å². The van der Waals surface area contributed by atoms with Gasteiger partial charge in [-0.1, -0.05) is 55.7 Å². The lowest BCUT2D eigenvalue weighted by molar-refractivity contribution is -0.142. The number of carbonyl (C=O) groups excluding carboxylic acids is 2. The van der Waals surface area contributed by atoms with Gasteiger partial charge in [0, 0.05) is 12.8 Å². The van der Waals surface area contributed by atoms with Gasteiger partial charge >= 0.3 is 13.8 Å². The van der Waals surface area contributed by atoms with Crippen molar-refractivity contribution in [2.45, 2.75) is 89.7 Å². The van der Waals surface area contributed by atoms with E-state index in [1.54, 1.807) is 19.1 Å². The third-order valence-corrected chi connectivity index (χ3v) is 5.28. The van der Waals surface area contributed by atoms with E-state index in [1.165, 1.54) is 0 Å². The van der Waals surface area contributed by atoms with E-state index in [0.29, 0.717) is 12.8 Å². The van der Waals surface area contributed by atoms with E-state index in [9.17, 15) is 18.9 Å². The highest BCUT2D eigenvalue weighted by Gasteiger charge is 2.20. The average molecular weight is 503 g/mol. The number of nitrogens with one attached hydrogen (secondary N) is 1. The molecule has 10 nitrogen and oxygen atoms in total. The maximum absolute atomic E-state index is 11.9. The predicted octanol–water partition coefficient (Wildman–Crippen LogP) is 3.50. The molecule has 0 aromatic heterocycles. The Kier molecular flexibility index (Phi) is 17.8. The molecule has 0 radical (unpaired) electrons. The van der Waals surface area contributed by atoms with Crippen molar-refractivity contribution in [1.29, 1.82) is 0 Å². The number of phosphoric ester groups is 1. The largest absolute Gasteiger partial charge is 0.480 e. The van der Waals surface area contributed by atoms with Crippen molar-refractivity contribution >= 4 is 25.6 Å². The lowest BCUT2D eigenvalue weighted by atomic mass is 10.1. The molecule has 0 rings (SSSR count). The molecule has 2 amide bonds. The second kappa shape index (κ2) is 19.1. The van der Waals surface area contributed by atoms with Crippen LogP contribution in [-0.2, 0) is 23.5 Å². The number of rotatable bonds is 20. The first-order chi connectivity index (χ1) is 16.0. The predicted molar refractivity (Wildman–Crippen MR) is 130 cm³/mol. The standard InChI is InChI=1S/C23H39N2O8P/c1-19(33-34(30,31)32)15-13-11-9-7-5-3-2-4-6-8-10-12-14-16-22(27)25-20(23(28)29)17-18-21(24)26/h2-3,7,9,13,15,19-20H,4-6,8,10-12,14,16-18H2,1H3,(H2,24,26)(H,25,27)(H,28,29)(H2,30,31,32)/b3-2-,9-7-,15-13-/t19-,20+/m1/s1. The first kappa shape index (κ1) is 31.7. The number of hydrogen-bond donors (Lipinski definition) is 5. The normalized spacial score (nSPS) is 14.1. The zero-order valence-electron chi connectivity index (χ0n) is 19.8. The molecule has 0 bridgehead atoms. The monoisotopic (exact) mass is 502 g/mol. The van der Waals surface area contributed by atoms with Crippen molar-refractivity contribution < 1.29 is 38.4 Å². The maximum atomic E-state index is 11.9. The Morgan fingerprint density at radius 3 is 2.15 bits per heavy atom. The molecule has 0 aliphatic heterocycles. The Bertz CT molecular complexity index is 745. The molecule has 0 unspecified atom stereocenters. The van der Waals surface area contributed by atoms with Crippen molar-refractivity contribution in [3.05, 3.63) is 36.5 Å². The van der Waals surface area contributed by atoms with E-state index in [-0.39, 0.29) is 25.2 Å². The van der Waals surface area contributed by atoms with Crippen LogP contribution < -0.4 is 11.1 Å². The number of nitrogens with two attached hydrogens (primary N) is 1. The van der Waals surface area contributed by atoms with Gasteiger partial charge in [-0.15, -0.1) is 0 Å². The van der Waals surface area contributed by atoms with E-state index in [2.05, 4.69) is 22.0 Å². The zero-order valence-corrected chi connectivity index (χ0v) is 20.7. The van der Waals surface area contributed by atoms with Gasteiger partial charge in [0.1, 0.15) is 6.04 Å². The molecule has 0 spiro atoms. The first-order valence-electron chi connectivity index (χ1n) is 11.5. The van der Waals surface area contributed by atoms with Crippen LogP contribution in [0.15, 0.2) is 36.5 Å². The van der Waals surface area contributed by atoms with Crippen LogP contribution in [0.2, 0.25) is 0 Å². The van der Waals surface area contributed by atoms with Crippen molar-refractivity contribution in [3.8, 4) is 0 Å². The number of amides is 2. The number of unbranched alkanes of at least 4 members (excludes halogenated alkanes) is 5. The van der Waals surface area contributed by atoms with Gasteiger partial charge in [-0.3, -0.25) is 14.1 Å². The SMILES string of the molecule is C[C@H](/C=C\C/C=C\C/C=C\CCCCCCCC(=O)N[C@@H](CCC(N)=O)C(=O)O)OP(=O)(O)O. The molecule has 0 aromatic rings. The molecule has 0 saturated heterocycles. The summed E-state index contributed by atoms with van der Waals surface area (Å²) in [6.07, 6.45) is 18.3. The van der Waals surface area contributed by atoms with E-state index in [1.807, 2.05) is 12.2 Å². The van der Waals surface area contributed by atoms with Crippen molar-refractivity contribution in [2.75, 3.05) is 0 Å². The number of carboxylic acid groups (broad SMARTS) is 1. The summed E-state index contributed by atoms with van der Waals surface area (Å²) in [5.41, 5.74) is 5.01. The maximum Gasteiger partial charge on any atom is 0.470 e. The van der Waals surface area contributed by atoms with Gasteiger partial charge in [0.25, 0.3) is 0 Å². The summed E-state index contributed by atoms with van der Waals surface area (Å²) in [4.78, 5) is 51.1. The number of carbonyl (C=O) groups is 3. The first-order valence-corrected chi connectivity index (χ1v) is 13.1. The third-order valence-electron chi connectivity index (χ3n) is 4.68. The van der Waals surface area contributed by atoms with Crippen LogP contribution in [-0.4, -0.2) is 44.8 Å². The van der Waals surface area contributed by atoms with Crippen LogP contribution >= 0.6 is 7.82 Å². The Labute approximate surface area is 201 Å². The topological polar surface area (TPSA) is 176 Å². The molecule has 34 heavy (non-hydrogen) atoms. The molecule has 0 aliphatic rings. The van der Waals surface area contributed by atoms with E-state index in [0.717, 1.165) is 38.5 Å². The lowest BCUT2D eigenvalue weighted by Gasteiger charge is -2.13. The second-order valence-electron chi connectivity index (χ2n) is 7.91. The van der Waals surface area contributed by atoms with E-state index in [4.69, 9.17) is 20.6 Å². The zero-order chi connectivity index (χ0) is 25.8. The van der Waals surface area contributed by atoms with E-state index >= 15 is 0 Å². The fourth-order valence-corrected chi connectivity index (χ4v) is 3.48. The highest BCUT2D eigenvalue weighted by Crippen LogP contribution is 2.37. The summed E-state index contributed by atoms with van der Waals surface area (Å²) in [6, 6.07) is -1.09. The summed E-state index contributed by atoms with van der Waals surface area (Å²) in [7, 11) is -4.45. The molecule has 194 valence electrons. The highest BCUT2D eigenvalue weighted by atomic mass is 31.2. The van der Waals surface area contributed by atoms with Gasteiger partial charge in [0.05, 0.1) is 6.10 Å². The van der Waals surface area contributed by atoms with Crippen LogP contribution in [0.25, 0.3) is 0 Å². The minimum Gasteiger partial charge on any atom is -0.480 e. The summed E-state index contributed by atoms with van der Waals surface area (Å²) >= 11 is 0. The molecule has 0 fully saturated rings. The number of carboxylic acids is 1. The molecule has 2 atom stereocenters.